The molecule has 2 atom stereocenters. The van der Waals surface area contributed by atoms with Crippen LogP contribution >= 0.6 is 0 Å². The van der Waals surface area contributed by atoms with Crippen molar-refractivity contribution >= 4 is 5.97 Å². The van der Waals surface area contributed by atoms with Gasteiger partial charge in [-0.05, 0) is 110 Å². The molecule has 1 aliphatic heterocycles. The summed E-state index contributed by atoms with van der Waals surface area (Å²) >= 11 is 0. The number of esters is 1. The highest BCUT2D eigenvalue weighted by molar-refractivity contribution is 5.91. The van der Waals surface area contributed by atoms with Crippen molar-refractivity contribution in [1.82, 2.24) is 5.06 Å². The van der Waals surface area contributed by atoms with Gasteiger partial charge in [-0.1, -0.05) is 191 Å². The van der Waals surface area contributed by atoms with Crippen molar-refractivity contribution < 1.29 is 24.2 Å². The van der Waals surface area contributed by atoms with Crippen LogP contribution in [0.1, 0.15) is 203 Å². The first-order chi connectivity index (χ1) is 30.8. The average molecular weight is 859 g/mol. The zero-order valence-electron chi connectivity index (χ0n) is 39.6. The van der Waals surface area contributed by atoms with E-state index in [1.165, 1.54) is 133 Å². The Hall–Kier alpha value is -4.13. The van der Waals surface area contributed by atoms with Gasteiger partial charge in [-0.15, -0.1) is 10.3 Å². The van der Waals surface area contributed by atoms with E-state index in [0.29, 0.717) is 17.9 Å². The number of nitrogens with zero attached hydrogens (tertiary/aromatic N) is 1. The van der Waals surface area contributed by atoms with Crippen LogP contribution in [0.2, 0.25) is 0 Å². The minimum Gasteiger partial charge on any atom is -0.494 e. The van der Waals surface area contributed by atoms with E-state index in [1.54, 1.807) is 12.1 Å². The monoisotopic (exact) mass is 859 g/mol. The van der Waals surface area contributed by atoms with Gasteiger partial charge in [0.2, 0.25) is 0 Å². The minimum absolute atomic E-state index is 0.401. The Bertz CT molecular complexity index is 1840. The Balaban J connectivity index is 1.00. The van der Waals surface area contributed by atoms with Gasteiger partial charge in [0.1, 0.15) is 17.2 Å². The normalized spacial score (nSPS) is 17.5. The number of hydrogen-bond donors (Lipinski definition) is 0. The van der Waals surface area contributed by atoms with Crippen LogP contribution in [0.4, 0.5) is 0 Å². The van der Waals surface area contributed by atoms with E-state index in [0.717, 1.165) is 66.0 Å². The first-order valence-electron chi connectivity index (χ1n) is 25.1. The second kappa shape index (κ2) is 27.3. The van der Waals surface area contributed by atoms with Crippen LogP contribution in [-0.4, -0.2) is 24.2 Å². The molecule has 1 heterocycles. The quantitative estimate of drug-likeness (QED) is 0.0286. The second-order valence-corrected chi connectivity index (χ2v) is 18.7. The molecule has 0 aromatic heterocycles. The first kappa shape index (κ1) is 49.9. The molecule has 63 heavy (non-hydrogen) atoms. The predicted molar refractivity (Wildman–Crippen MR) is 260 cm³/mol. The molecule has 6 heteroatoms. The van der Waals surface area contributed by atoms with Gasteiger partial charge in [0, 0.05) is 0 Å². The second-order valence-electron chi connectivity index (χ2n) is 18.7. The number of hydroxylamine groups is 2. The van der Waals surface area contributed by atoms with Crippen LogP contribution in [0.25, 0.3) is 11.1 Å². The molecule has 1 radical (unpaired) electrons. The van der Waals surface area contributed by atoms with Crippen molar-refractivity contribution in [3.8, 4) is 28.4 Å². The Labute approximate surface area is 382 Å². The van der Waals surface area contributed by atoms with E-state index >= 15 is 0 Å². The third-order valence-electron chi connectivity index (χ3n) is 13.5. The van der Waals surface area contributed by atoms with E-state index in [2.05, 4.69) is 64.1 Å². The van der Waals surface area contributed by atoms with E-state index < -0.39 is 17.0 Å². The number of unbranched alkanes of at least 4 members (excludes halogenated alkanes) is 20. The minimum atomic E-state index is -0.647. The van der Waals surface area contributed by atoms with E-state index in [9.17, 15) is 10.0 Å². The van der Waals surface area contributed by atoms with Gasteiger partial charge in [-0.25, -0.2) is 4.79 Å². The fraction of sp³-hybridized carbons (Fsp3) is 0.561. The van der Waals surface area contributed by atoms with E-state index in [1.807, 2.05) is 48.5 Å². The molecule has 0 bridgehead atoms. The summed E-state index contributed by atoms with van der Waals surface area (Å²) in [5.74, 6) is 1.73. The Morgan fingerprint density at radius 1 is 0.444 bits per heavy atom. The van der Waals surface area contributed by atoms with Gasteiger partial charge < -0.3 is 14.2 Å². The van der Waals surface area contributed by atoms with Crippen LogP contribution in [0.3, 0.4) is 0 Å². The van der Waals surface area contributed by atoms with Crippen LogP contribution in [0.15, 0.2) is 97.1 Å². The van der Waals surface area contributed by atoms with Crippen molar-refractivity contribution in [3.05, 3.63) is 114 Å². The van der Waals surface area contributed by atoms with Gasteiger partial charge >= 0.3 is 5.97 Å². The molecule has 0 aliphatic carbocycles. The molecule has 1 fully saturated rings. The molecule has 0 saturated carbocycles. The first-order valence-corrected chi connectivity index (χ1v) is 25.1. The standard InChI is InChI=1S/C57H80NO5/c1-5-7-9-11-13-15-17-19-21-23-25-45-61-52-37-31-49(32-38-52)55(59)63-54-39-29-48(30-40-54)47-27-33-50(34-28-47)56(3)43-44-57(4,58(56)60)51-35-41-53(42-36-51)62-46-26-24-22-20-18-16-14-12-10-8-6-2/h27-42H,5-26,43-46H2,1-4H3/t56-,57-/m0/s1. The number of carbonyl (C=O) groups excluding carboxylic acids is 1. The van der Waals surface area contributed by atoms with Gasteiger partial charge in [0.15, 0.2) is 0 Å². The van der Waals surface area contributed by atoms with Gasteiger partial charge in [-0.3, -0.25) is 0 Å². The summed E-state index contributed by atoms with van der Waals surface area (Å²) in [6.07, 6.45) is 30.4. The molecule has 5 rings (SSSR count). The van der Waals surface area contributed by atoms with Crippen LogP contribution < -0.4 is 14.2 Å². The largest absolute Gasteiger partial charge is 0.494 e. The Morgan fingerprint density at radius 3 is 1.16 bits per heavy atom. The Kier molecular flexibility index (Phi) is 21.6. The summed E-state index contributed by atoms with van der Waals surface area (Å²) in [5, 5.41) is 15.5. The summed E-state index contributed by atoms with van der Waals surface area (Å²) in [4.78, 5) is 12.9. The maximum absolute atomic E-state index is 14.2. The fourth-order valence-corrected chi connectivity index (χ4v) is 9.17. The van der Waals surface area contributed by atoms with Crippen molar-refractivity contribution in [2.45, 2.75) is 193 Å². The maximum Gasteiger partial charge on any atom is 0.343 e. The number of benzene rings is 4. The molecule has 1 saturated heterocycles. The smallest absolute Gasteiger partial charge is 0.343 e. The molecule has 4 aromatic carbocycles. The molecular formula is C57H80NO5. The van der Waals surface area contributed by atoms with Gasteiger partial charge in [-0.2, -0.15) is 0 Å². The van der Waals surface area contributed by atoms with E-state index in [4.69, 9.17) is 14.2 Å². The number of carbonyl (C=O) groups is 1. The molecule has 1 aliphatic rings. The predicted octanol–water partition coefficient (Wildman–Crippen LogP) is 16.5. The third-order valence-corrected chi connectivity index (χ3v) is 13.5. The molecule has 0 N–H and O–H groups in total. The third kappa shape index (κ3) is 15.8. The van der Waals surface area contributed by atoms with Crippen molar-refractivity contribution in [2.24, 2.45) is 0 Å². The number of rotatable bonds is 31. The van der Waals surface area contributed by atoms with Crippen LogP contribution in [-0.2, 0) is 16.3 Å². The van der Waals surface area contributed by atoms with Crippen LogP contribution in [0.5, 0.6) is 17.2 Å². The highest BCUT2D eigenvalue weighted by atomic mass is 16.5. The zero-order valence-corrected chi connectivity index (χ0v) is 39.6. The lowest BCUT2D eigenvalue weighted by Gasteiger charge is -2.37. The lowest BCUT2D eigenvalue weighted by atomic mass is 9.88. The summed E-state index contributed by atoms with van der Waals surface area (Å²) in [5.41, 5.74) is 3.28. The van der Waals surface area contributed by atoms with Crippen molar-refractivity contribution in [2.75, 3.05) is 13.2 Å². The molecule has 343 valence electrons. The average Bonchev–Trinajstić information content (AvgIpc) is 3.56. The van der Waals surface area contributed by atoms with Crippen molar-refractivity contribution in [3.63, 3.8) is 0 Å². The highest BCUT2D eigenvalue weighted by Gasteiger charge is 2.52. The molecular weight excluding hydrogens is 779 g/mol. The maximum atomic E-state index is 14.2. The summed E-state index contributed by atoms with van der Waals surface area (Å²) in [6, 6.07) is 31.3. The highest BCUT2D eigenvalue weighted by Crippen LogP contribution is 2.51. The number of ether oxygens (including phenoxy) is 3. The lowest BCUT2D eigenvalue weighted by molar-refractivity contribution is -0.260. The zero-order chi connectivity index (χ0) is 44.6. The Morgan fingerprint density at radius 2 is 0.762 bits per heavy atom. The molecule has 0 amide bonds. The molecule has 0 unspecified atom stereocenters. The topological polar surface area (TPSA) is 67.9 Å². The van der Waals surface area contributed by atoms with Gasteiger partial charge in [0.05, 0.1) is 29.9 Å². The lowest BCUT2D eigenvalue weighted by Crippen LogP contribution is -2.44. The summed E-state index contributed by atoms with van der Waals surface area (Å²) < 4.78 is 17.7. The fourth-order valence-electron chi connectivity index (χ4n) is 9.17. The summed E-state index contributed by atoms with van der Waals surface area (Å²) in [7, 11) is 0. The number of hydrogen-bond acceptors (Lipinski definition) is 5. The van der Waals surface area contributed by atoms with Crippen molar-refractivity contribution in [1.29, 1.82) is 0 Å². The molecule has 0 spiro atoms. The van der Waals surface area contributed by atoms with Crippen LogP contribution in [0, 0.1) is 0 Å². The molecule has 4 aromatic rings. The summed E-state index contributed by atoms with van der Waals surface area (Å²) in [6.45, 7) is 10.1. The molecule has 6 nitrogen and oxygen atoms in total. The SMILES string of the molecule is CCCCCCCCCCCCCOc1ccc(C(=O)Oc2ccc(-c3ccc([C@]4(C)CC[C@@](C)(c5ccc(OCCCCCCCCCCCCC)cc5)N4[O])cc3)cc2)cc1. The van der Waals surface area contributed by atoms with E-state index in [-0.39, 0.29) is 0 Å². The van der Waals surface area contributed by atoms with Gasteiger partial charge in [0.25, 0.3) is 0 Å².